The smallest absolute Gasteiger partial charge is 0.175 e. The molecular weight excluding hydrogens is 308 g/mol. The first-order valence-electron chi connectivity index (χ1n) is 9.31. The van der Waals surface area contributed by atoms with Gasteiger partial charge in [-0.3, -0.25) is 5.01 Å². The van der Waals surface area contributed by atoms with E-state index in [4.69, 9.17) is 18.9 Å². The Morgan fingerprint density at radius 1 is 0.958 bits per heavy atom. The summed E-state index contributed by atoms with van der Waals surface area (Å²) < 4.78 is 23.9. The highest BCUT2D eigenvalue weighted by Gasteiger charge is 2.40. The Labute approximate surface area is 148 Å². The number of nitrogens with zero attached hydrogens (tertiary/aromatic N) is 1. The van der Waals surface area contributed by atoms with E-state index in [9.17, 15) is 0 Å². The summed E-state index contributed by atoms with van der Waals surface area (Å²) in [6, 6.07) is 0.130. The minimum Gasteiger partial charge on any atom is -0.376 e. The molecule has 0 aromatic rings. The molecule has 0 aromatic carbocycles. The highest BCUT2D eigenvalue weighted by atomic mass is 16.7. The van der Waals surface area contributed by atoms with Gasteiger partial charge in [-0.05, 0) is 34.1 Å². The van der Waals surface area contributed by atoms with E-state index >= 15 is 0 Å². The fourth-order valence-corrected chi connectivity index (χ4v) is 2.63. The molecule has 24 heavy (non-hydrogen) atoms. The largest absolute Gasteiger partial charge is 0.376 e. The molecule has 0 bridgehead atoms. The van der Waals surface area contributed by atoms with E-state index in [1.807, 2.05) is 46.8 Å². The molecule has 1 rings (SSSR count). The van der Waals surface area contributed by atoms with Gasteiger partial charge in [-0.1, -0.05) is 19.8 Å². The van der Waals surface area contributed by atoms with Crippen LogP contribution in [-0.4, -0.2) is 69.1 Å². The number of unbranched alkanes of at least 4 members (excludes halogenated alkanes) is 1. The summed E-state index contributed by atoms with van der Waals surface area (Å²) in [4.78, 5) is 0. The highest BCUT2D eigenvalue weighted by Crippen LogP contribution is 2.25. The van der Waals surface area contributed by atoms with Crippen LogP contribution in [0.2, 0.25) is 0 Å². The summed E-state index contributed by atoms with van der Waals surface area (Å²) >= 11 is 0. The van der Waals surface area contributed by atoms with Crippen LogP contribution >= 0.6 is 0 Å². The van der Waals surface area contributed by atoms with Gasteiger partial charge in [-0.2, -0.15) is 0 Å². The predicted octanol–water partition coefficient (Wildman–Crippen LogP) is 2.57. The van der Waals surface area contributed by atoms with Crippen molar-refractivity contribution in [3.8, 4) is 0 Å². The Balaban J connectivity index is 2.68. The van der Waals surface area contributed by atoms with Gasteiger partial charge in [-0.25, -0.2) is 5.43 Å². The van der Waals surface area contributed by atoms with Crippen molar-refractivity contribution < 1.29 is 18.9 Å². The molecule has 0 spiro atoms. The number of hydrogen-bond donors (Lipinski definition) is 1. The van der Waals surface area contributed by atoms with Crippen LogP contribution in [0.5, 0.6) is 0 Å². The second kappa shape index (κ2) is 11.4. The average Bonchev–Trinajstić information content (AvgIpc) is 2.90. The molecule has 6 nitrogen and oxygen atoms in total. The van der Waals surface area contributed by atoms with Gasteiger partial charge < -0.3 is 18.9 Å². The molecule has 1 N–H and O–H groups in total. The van der Waals surface area contributed by atoms with Crippen LogP contribution in [0.15, 0.2) is 0 Å². The molecule has 1 aliphatic heterocycles. The lowest BCUT2D eigenvalue weighted by atomic mass is 10.1. The third-order valence-electron chi connectivity index (χ3n) is 3.84. The van der Waals surface area contributed by atoms with Crippen molar-refractivity contribution in [2.24, 2.45) is 0 Å². The number of hydrazine groups is 1. The minimum absolute atomic E-state index is 0.0933. The number of nitrogens with one attached hydrogen (secondary N) is 1. The van der Waals surface area contributed by atoms with Crippen LogP contribution in [0, 0.1) is 0 Å². The maximum atomic E-state index is 6.20. The SMILES string of the molecule is CCCC[C@@H](NN(C)C)C1O[C@@H](COC(C)C)[C@H](COC(C)C)O1. The van der Waals surface area contributed by atoms with Gasteiger partial charge in [-0.15, -0.1) is 0 Å². The molecule has 0 aliphatic carbocycles. The summed E-state index contributed by atoms with van der Waals surface area (Å²) in [7, 11) is 3.99. The molecule has 1 aliphatic rings. The molecule has 0 amide bonds. The fraction of sp³-hybridized carbons (Fsp3) is 1.00. The van der Waals surface area contributed by atoms with Gasteiger partial charge in [0.05, 0.1) is 31.5 Å². The average molecular weight is 347 g/mol. The molecule has 0 radical (unpaired) electrons. The van der Waals surface area contributed by atoms with Crippen LogP contribution < -0.4 is 5.43 Å². The van der Waals surface area contributed by atoms with E-state index in [1.165, 1.54) is 0 Å². The molecule has 3 atom stereocenters. The molecule has 1 heterocycles. The summed E-state index contributed by atoms with van der Waals surface area (Å²) in [5.41, 5.74) is 3.43. The minimum atomic E-state index is -0.277. The second-order valence-corrected chi connectivity index (χ2v) is 7.25. The highest BCUT2D eigenvalue weighted by molar-refractivity contribution is 4.83. The van der Waals surface area contributed by atoms with E-state index in [2.05, 4.69) is 12.3 Å². The Morgan fingerprint density at radius 2 is 1.46 bits per heavy atom. The Morgan fingerprint density at radius 3 is 1.83 bits per heavy atom. The Hall–Kier alpha value is -0.240. The summed E-state index contributed by atoms with van der Waals surface area (Å²) in [6.45, 7) is 11.4. The van der Waals surface area contributed by atoms with Gasteiger partial charge in [0.2, 0.25) is 0 Å². The zero-order valence-electron chi connectivity index (χ0n) is 16.6. The number of rotatable bonds is 12. The molecule has 1 saturated heterocycles. The molecule has 0 unspecified atom stereocenters. The van der Waals surface area contributed by atoms with Crippen LogP contribution in [-0.2, 0) is 18.9 Å². The standard InChI is InChI=1S/C18H38N2O4/c1-8-9-10-15(19-20(6)7)18-23-16(11-21-13(2)3)17(24-18)12-22-14(4)5/h13-19H,8-12H2,1-7H3/t15-,16+,17+/m1/s1. The number of ether oxygens (including phenoxy) is 4. The maximum absolute atomic E-state index is 6.20. The van der Waals surface area contributed by atoms with E-state index in [1.54, 1.807) is 0 Å². The van der Waals surface area contributed by atoms with Crippen molar-refractivity contribution >= 4 is 0 Å². The second-order valence-electron chi connectivity index (χ2n) is 7.25. The van der Waals surface area contributed by atoms with E-state index in [0.29, 0.717) is 13.2 Å². The first-order valence-corrected chi connectivity index (χ1v) is 9.31. The summed E-state index contributed by atoms with van der Waals surface area (Å²) in [5, 5.41) is 1.96. The molecular formula is C18H38N2O4. The van der Waals surface area contributed by atoms with E-state index in [-0.39, 0.29) is 36.7 Å². The third kappa shape index (κ3) is 8.23. The first kappa shape index (κ1) is 21.8. The lowest BCUT2D eigenvalue weighted by Crippen LogP contribution is -2.47. The lowest BCUT2D eigenvalue weighted by Gasteiger charge is -2.27. The topological polar surface area (TPSA) is 52.2 Å². The monoisotopic (exact) mass is 346 g/mol. The van der Waals surface area contributed by atoms with Crippen molar-refractivity contribution in [2.75, 3.05) is 27.3 Å². The fourth-order valence-electron chi connectivity index (χ4n) is 2.63. The van der Waals surface area contributed by atoms with Crippen LogP contribution in [0.1, 0.15) is 53.9 Å². The number of hydrogen-bond acceptors (Lipinski definition) is 6. The van der Waals surface area contributed by atoms with E-state index in [0.717, 1.165) is 19.3 Å². The van der Waals surface area contributed by atoms with Crippen LogP contribution in [0.4, 0.5) is 0 Å². The van der Waals surface area contributed by atoms with Crippen LogP contribution in [0.3, 0.4) is 0 Å². The van der Waals surface area contributed by atoms with Gasteiger partial charge in [0.25, 0.3) is 0 Å². The Kier molecular flexibility index (Phi) is 10.3. The normalized spacial score (nSPS) is 23.8. The van der Waals surface area contributed by atoms with Crippen molar-refractivity contribution in [3.63, 3.8) is 0 Å². The predicted molar refractivity (Wildman–Crippen MR) is 95.8 cm³/mol. The van der Waals surface area contributed by atoms with Crippen molar-refractivity contribution in [1.82, 2.24) is 10.4 Å². The molecule has 0 saturated carbocycles. The Bertz CT molecular complexity index is 306. The molecule has 0 aromatic heterocycles. The quantitative estimate of drug-likeness (QED) is 0.548. The van der Waals surface area contributed by atoms with Crippen molar-refractivity contribution in [1.29, 1.82) is 0 Å². The summed E-state index contributed by atoms with van der Waals surface area (Å²) in [6.07, 6.45) is 3.18. The molecule has 1 fully saturated rings. The van der Waals surface area contributed by atoms with Gasteiger partial charge in [0.15, 0.2) is 6.29 Å². The zero-order chi connectivity index (χ0) is 18.1. The molecule has 144 valence electrons. The van der Waals surface area contributed by atoms with Crippen LogP contribution in [0.25, 0.3) is 0 Å². The lowest BCUT2D eigenvalue weighted by molar-refractivity contribution is -0.114. The molecule has 6 heteroatoms. The summed E-state index contributed by atoms with van der Waals surface area (Å²) in [5.74, 6) is 0. The van der Waals surface area contributed by atoms with Crippen molar-refractivity contribution in [3.05, 3.63) is 0 Å². The zero-order valence-corrected chi connectivity index (χ0v) is 16.6. The maximum Gasteiger partial charge on any atom is 0.175 e. The van der Waals surface area contributed by atoms with Gasteiger partial charge in [0, 0.05) is 14.1 Å². The van der Waals surface area contributed by atoms with Gasteiger partial charge in [0.1, 0.15) is 12.2 Å². The van der Waals surface area contributed by atoms with E-state index < -0.39 is 0 Å². The third-order valence-corrected chi connectivity index (χ3v) is 3.84. The first-order chi connectivity index (χ1) is 11.3. The van der Waals surface area contributed by atoms with Gasteiger partial charge >= 0.3 is 0 Å². The van der Waals surface area contributed by atoms with Crippen molar-refractivity contribution in [2.45, 2.75) is 90.6 Å².